The number of urea groups is 1. The van der Waals surface area contributed by atoms with E-state index < -0.39 is 41.6 Å². The molecule has 7 nitrogen and oxygen atoms in total. The topological polar surface area (TPSA) is 79.3 Å². The van der Waals surface area contributed by atoms with Crippen LogP contribution < -0.4 is 10.6 Å². The van der Waals surface area contributed by atoms with Gasteiger partial charge in [-0.3, -0.25) is 4.79 Å². The molecule has 0 radical (unpaired) electrons. The molecule has 1 aromatic heterocycles. The fourth-order valence-corrected chi connectivity index (χ4v) is 2.79. The first-order chi connectivity index (χ1) is 14.0. The molecule has 0 aliphatic carbocycles. The van der Waals surface area contributed by atoms with Gasteiger partial charge in [0, 0.05) is 30.9 Å². The van der Waals surface area contributed by atoms with Crippen LogP contribution in [0.25, 0.3) is 0 Å². The summed E-state index contributed by atoms with van der Waals surface area (Å²) < 4.78 is 79.1. The molecule has 2 aromatic rings. The maximum Gasteiger partial charge on any atom is 0.408 e. The second-order valence-corrected chi connectivity index (χ2v) is 6.58. The Hall–Kier alpha value is -3.25. The van der Waals surface area contributed by atoms with Crippen molar-refractivity contribution in [1.82, 2.24) is 19.8 Å². The highest BCUT2D eigenvalue weighted by molar-refractivity contribution is 5.94. The molecule has 1 aliphatic heterocycles. The van der Waals surface area contributed by atoms with E-state index >= 15 is 0 Å². The molecular weight excluding hydrogens is 420 g/mol. The maximum absolute atomic E-state index is 13.3. The van der Waals surface area contributed by atoms with E-state index in [0.717, 1.165) is 6.92 Å². The van der Waals surface area contributed by atoms with Crippen molar-refractivity contribution in [2.24, 2.45) is 0 Å². The summed E-state index contributed by atoms with van der Waals surface area (Å²) in [6, 6.07) is -1.71. The number of benzene rings is 1. The molecule has 0 saturated heterocycles. The van der Waals surface area contributed by atoms with E-state index in [1.165, 1.54) is 15.8 Å². The van der Waals surface area contributed by atoms with Crippen LogP contribution in [0.5, 0.6) is 0 Å². The Bertz CT molecular complexity index is 966. The van der Waals surface area contributed by atoms with E-state index in [0.29, 0.717) is 12.1 Å². The summed E-state index contributed by atoms with van der Waals surface area (Å²) in [6.45, 7) is 0.896. The molecule has 0 fully saturated rings. The number of imidazole rings is 1. The van der Waals surface area contributed by atoms with Crippen molar-refractivity contribution in [2.45, 2.75) is 32.2 Å². The predicted octanol–water partition coefficient (Wildman–Crippen LogP) is 3.03. The molecule has 1 atom stereocenters. The molecule has 0 spiro atoms. The van der Waals surface area contributed by atoms with Crippen LogP contribution in [0.3, 0.4) is 0 Å². The van der Waals surface area contributed by atoms with Gasteiger partial charge in [-0.15, -0.1) is 0 Å². The summed E-state index contributed by atoms with van der Waals surface area (Å²) in [5.74, 6) is -5.71. The lowest BCUT2D eigenvalue weighted by Gasteiger charge is -2.29. The average Bonchev–Trinajstić information content (AvgIpc) is 3.08. The number of carbonyl (C=O) groups is 2. The summed E-state index contributed by atoms with van der Waals surface area (Å²) in [6.07, 6.45) is -3.37. The molecule has 1 aromatic carbocycles. The summed E-state index contributed by atoms with van der Waals surface area (Å²) in [5, 5.41) is 4.00. The molecule has 3 amide bonds. The van der Waals surface area contributed by atoms with Crippen LogP contribution in [-0.2, 0) is 13.1 Å². The molecule has 3 rings (SSSR count). The van der Waals surface area contributed by atoms with Crippen molar-refractivity contribution < 1.29 is 35.9 Å². The highest BCUT2D eigenvalue weighted by Crippen LogP contribution is 2.22. The fourth-order valence-electron chi connectivity index (χ4n) is 2.79. The number of halogens is 6. The van der Waals surface area contributed by atoms with Crippen molar-refractivity contribution in [1.29, 1.82) is 0 Å². The van der Waals surface area contributed by atoms with E-state index in [1.807, 2.05) is 0 Å². The minimum atomic E-state index is -4.64. The number of hydrogen-bond donors (Lipinski definition) is 2. The molecule has 0 saturated carbocycles. The SMILES string of the molecule is C[C@@H](NC(=O)c1ncn2c1CN(C(=O)Nc1cc(F)c(F)c(F)c1)CC2)C(F)(F)F. The second-order valence-electron chi connectivity index (χ2n) is 6.58. The third-order valence-corrected chi connectivity index (χ3v) is 4.47. The third-order valence-electron chi connectivity index (χ3n) is 4.47. The molecular formula is C17H15F6N5O2. The minimum Gasteiger partial charge on any atom is -0.339 e. The highest BCUT2D eigenvalue weighted by Gasteiger charge is 2.38. The number of alkyl halides is 3. The van der Waals surface area contributed by atoms with Crippen LogP contribution in [0.2, 0.25) is 0 Å². The number of fused-ring (bicyclic) bond motifs is 1. The van der Waals surface area contributed by atoms with Gasteiger partial charge in [-0.25, -0.2) is 22.9 Å². The molecule has 1 aliphatic rings. The van der Waals surface area contributed by atoms with Gasteiger partial charge in [0.05, 0.1) is 18.6 Å². The van der Waals surface area contributed by atoms with Gasteiger partial charge >= 0.3 is 12.2 Å². The normalized spacial score (nSPS) is 14.8. The van der Waals surface area contributed by atoms with E-state index in [9.17, 15) is 35.9 Å². The number of aromatic nitrogens is 2. The summed E-state index contributed by atoms with van der Waals surface area (Å²) in [7, 11) is 0. The van der Waals surface area contributed by atoms with Crippen molar-refractivity contribution in [3.05, 3.63) is 47.3 Å². The third kappa shape index (κ3) is 4.33. The quantitative estimate of drug-likeness (QED) is 0.575. The zero-order valence-electron chi connectivity index (χ0n) is 15.4. The number of amides is 3. The average molecular weight is 435 g/mol. The Morgan fingerprint density at radius 2 is 1.77 bits per heavy atom. The van der Waals surface area contributed by atoms with Crippen LogP contribution in [-0.4, -0.2) is 45.2 Å². The summed E-state index contributed by atoms with van der Waals surface area (Å²) >= 11 is 0. The number of hydrogen-bond acceptors (Lipinski definition) is 3. The Balaban J connectivity index is 1.73. The fraction of sp³-hybridized carbons (Fsp3) is 0.353. The smallest absolute Gasteiger partial charge is 0.339 e. The van der Waals surface area contributed by atoms with E-state index in [1.54, 1.807) is 5.32 Å². The Labute approximate surface area is 165 Å². The number of nitrogens with one attached hydrogen (secondary N) is 2. The van der Waals surface area contributed by atoms with Crippen LogP contribution >= 0.6 is 0 Å². The summed E-state index contributed by atoms with van der Waals surface area (Å²) in [5.41, 5.74) is -0.408. The highest BCUT2D eigenvalue weighted by atomic mass is 19.4. The molecule has 0 bridgehead atoms. The van der Waals surface area contributed by atoms with Gasteiger partial charge < -0.3 is 20.1 Å². The Kier molecular flexibility index (Phi) is 5.63. The van der Waals surface area contributed by atoms with Crippen molar-refractivity contribution in [3.63, 3.8) is 0 Å². The largest absolute Gasteiger partial charge is 0.408 e. The van der Waals surface area contributed by atoms with Crippen LogP contribution in [0, 0.1) is 17.5 Å². The lowest BCUT2D eigenvalue weighted by Crippen LogP contribution is -2.44. The predicted molar refractivity (Wildman–Crippen MR) is 91.0 cm³/mol. The minimum absolute atomic E-state index is 0.126. The first-order valence-corrected chi connectivity index (χ1v) is 8.59. The lowest BCUT2D eigenvalue weighted by molar-refractivity contribution is -0.149. The van der Waals surface area contributed by atoms with E-state index in [4.69, 9.17) is 0 Å². The molecule has 13 heteroatoms. The van der Waals surface area contributed by atoms with Gasteiger partial charge in [-0.1, -0.05) is 0 Å². The van der Waals surface area contributed by atoms with Crippen molar-refractivity contribution in [2.75, 3.05) is 11.9 Å². The standard InChI is InChI=1S/C17H15F6N5O2/c1-8(17(21,22)23)25-15(29)14-12-6-27(2-3-28(12)7-24-14)16(30)26-9-4-10(18)13(20)11(19)5-9/h4-5,7-8H,2-3,6H2,1H3,(H,25,29)(H,26,30)/t8-/m1/s1. The number of anilines is 1. The molecule has 0 unspecified atom stereocenters. The number of nitrogens with zero attached hydrogens (tertiary/aromatic N) is 3. The van der Waals surface area contributed by atoms with Crippen LogP contribution in [0.1, 0.15) is 23.1 Å². The zero-order valence-corrected chi connectivity index (χ0v) is 15.4. The van der Waals surface area contributed by atoms with E-state index in [2.05, 4.69) is 10.3 Å². The van der Waals surface area contributed by atoms with Gasteiger partial charge in [0.15, 0.2) is 23.1 Å². The van der Waals surface area contributed by atoms with E-state index in [-0.39, 0.29) is 36.7 Å². The first kappa shape index (κ1) is 21.5. The van der Waals surface area contributed by atoms with Crippen LogP contribution in [0.4, 0.5) is 36.8 Å². The van der Waals surface area contributed by atoms with Gasteiger partial charge in [-0.05, 0) is 6.92 Å². The number of carbonyl (C=O) groups excluding carboxylic acids is 2. The molecule has 162 valence electrons. The monoisotopic (exact) mass is 435 g/mol. The Morgan fingerprint density at radius 3 is 2.37 bits per heavy atom. The van der Waals surface area contributed by atoms with Crippen LogP contribution in [0.15, 0.2) is 18.5 Å². The molecule has 30 heavy (non-hydrogen) atoms. The summed E-state index contributed by atoms with van der Waals surface area (Å²) in [4.78, 5) is 29.6. The number of rotatable bonds is 3. The maximum atomic E-state index is 13.3. The molecule has 2 N–H and O–H groups in total. The zero-order chi connectivity index (χ0) is 22.2. The lowest BCUT2D eigenvalue weighted by atomic mass is 10.2. The van der Waals surface area contributed by atoms with Crippen molar-refractivity contribution >= 4 is 17.6 Å². The van der Waals surface area contributed by atoms with Gasteiger partial charge in [-0.2, -0.15) is 13.2 Å². The van der Waals surface area contributed by atoms with Gasteiger partial charge in [0.25, 0.3) is 5.91 Å². The molecule has 2 heterocycles. The van der Waals surface area contributed by atoms with Gasteiger partial charge in [0.2, 0.25) is 0 Å². The van der Waals surface area contributed by atoms with Gasteiger partial charge in [0.1, 0.15) is 6.04 Å². The first-order valence-electron chi connectivity index (χ1n) is 8.59. The van der Waals surface area contributed by atoms with Crippen molar-refractivity contribution in [3.8, 4) is 0 Å². The second kappa shape index (κ2) is 7.88. The Morgan fingerprint density at radius 1 is 1.13 bits per heavy atom.